The van der Waals surface area contributed by atoms with Crippen LogP contribution in [0.5, 0.6) is 0 Å². The number of nitrogen functional groups attached to an aromatic ring is 1. The monoisotopic (exact) mass is 391 g/mol. The Labute approximate surface area is 145 Å². The standard InChI is InChI=1S/C15H14BrN5OS/c16-10-8-23-14-12(9-1-2-11(17)18-7-9)19-15(20-13(10)14)21-3-5-22-6-4-21/h1-2,7-8H,3-6H2,(H2,17,18). The zero-order valence-corrected chi connectivity index (χ0v) is 14.6. The van der Waals surface area contributed by atoms with Crippen molar-refractivity contribution >= 4 is 49.2 Å². The van der Waals surface area contributed by atoms with Gasteiger partial charge in [-0.25, -0.2) is 15.0 Å². The number of nitrogens with zero attached hydrogens (tertiary/aromatic N) is 4. The Bertz CT molecular complexity index is 845. The summed E-state index contributed by atoms with van der Waals surface area (Å²) in [5.41, 5.74) is 8.46. The van der Waals surface area contributed by atoms with Crippen molar-refractivity contribution in [1.82, 2.24) is 15.0 Å². The van der Waals surface area contributed by atoms with E-state index in [0.717, 1.165) is 45.0 Å². The Morgan fingerprint density at radius 2 is 2.04 bits per heavy atom. The van der Waals surface area contributed by atoms with Crippen LogP contribution in [-0.4, -0.2) is 41.3 Å². The Morgan fingerprint density at radius 1 is 1.22 bits per heavy atom. The van der Waals surface area contributed by atoms with Crippen LogP contribution in [0, 0.1) is 0 Å². The van der Waals surface area contributed by atoms with Gasteiger partial charge in [0.25, 0.3) is 0 Å². The van der Waals surface area contributed by atoms with E-state index in [1.54, 1.807) is 23.6 Å². The van der Waals surface area contributed by atoms with Gasteiger partial charge in [0.15, 0.2) is 0 Å². The van der Waals surface area contributed by atoms with E-state index in [0.29, 0.717) is 19.0 Å². The molecule has 0 aromatic carbocycles. The molecular weight excluding hydrogens is 378 g/mol. The van der Waals surface area contributed by atoms with Crippen LogP contribution in [0.1, 0.15) is 0 Å². The third kappa shape index (κ3) is 2.77. The molecule has 3 aromatic heterocycles. The second kappa shape index (κ2) is 6.03. The lowest BCUT2D eigenvalue weighted by Crippen LogP contribution is -2.37. The molecule has 6 nitrogen and oxygen atoms in total. The first-order valence-corrected chi connectivity index (χ1v) is 8.89. The second-order valence-electron chi connectivity index (χ2n) is 5.20. The zero-order chi connectivity index (χ0) is 15.8. The summed E-state index contributed by atoms with van der Waals surface area (Å²) < 4.78 is 7.44. The van der Waals surface area contributed by atoms with Crippen LogP contribution in [0.25, 0.3) is 21.5 Å². The number of nitrogens with two attached hydrogens (primary N) is 1. The number of thiophene rings is 1. The van der Waals surface area contributed by atoms with Crippen LogP contribution < -0.4 is 10.6 Å². The molecule has 1 aliphatic heterocycles. The number of aromatic nitrogens is 3. The van der Waals surface area contributed by atoms with E-state index in [1.807, 2.05) is 11.4 Å². The lowest BCUT2D eigenvalue weighted by molar-refractivity contribution is 0.122. The minimum atomic E-state index is 0.500. The molecule has 4 rings (SSSR count). The lowest BCUT2D eigenvalue weighted by Gasteiger charge is -2.27. The third-order valence-electron chi connectivity index (χ3n) is 3.71. The molecular formula is C15H14BrN5OS. The van der Waals surface area contributed by atoms with Crippen molar-refractivity contribution in [3.05, 3.63) is 28.2 Å². The maximum Gasteiger partial charge on any atom is 0.226 e. The smallest absolute Gasteiger partial charge is 0.226 e. The molecule has 1 aliphatic rings. The van der Waals surface area contributed by atoms with Crippen molar-refractivity contribution in [2.24, 2.45) is 0 Å². The maximum atomic E-state index is 5.70. The zero-order valence-electron chi connectivity index (χ0n) is 12.2. The number of ether oxygens (including phenoxy) is 1. The van der Waals surface area contributed by atoms with Gasteiger partial charge in [0.05, 0.1) is 28.1 Å². The molecule has 0 saturated carbocycles. The van der Waals surface area contributed by atoms with Gasteiger partial charge in [0, 0.05) is 30.2 Å². The molecule has 0 bridgehead atoms. The SMILES string of the molecule is Nc1ccc(-c2nc(N3CCOCC3)nc3c(Br)csc23)cn1. The quantitative estimate of drug-likeness (QED) is 0.723. The van der Waals surface area contributed by atoms with Gasteiger partial charge in [-0.2, -0.15) is 0 Å². The summed E-state index contributed by atoms with van der Waals surface area (Å²) in [5, 5.41) is 2.04. The van der Waals surface area contributed by atoms with E-state index < -0.39 is 0 Å². The van der Waals surface area contributed by atoms with Crippen molar-refractivity contribution in [3.63, 3.8) is 0 Å². The molecule has 8 heteroatoms. The van der Waals surface area contributed by atoms with Crippen LogP contribution in [0.4, 0.5) is 11.8 Å². The van der Waals surface area contributed by atoms with E-state index in [4.69, 9.17) is 20.4 Å². The predicted octanol–water partition coefficient (Wildman–Crippen LogP) is 2.93. The molecule has 1 fully saturated rings. The van der Waals surface area contributed by atoms with Gasteiger partial charge in [-0.3, -0.25) is 0 Å². The first-order valence-electron chi connectivity index (χ1n) is 7.22. The highest BCUT2D eigenvalue weighted by atomic mass is 79.9. The van der Waals surface area contributed by atoms with E-state index >= 15 is 0 Å². The van der Waals surface area contributed by atoms with Crippen LogP contribution in [0.3, 0.4) is 0 Å². The van der Waals surface area contributed by atoms with Gasteiger partial charge >= 0.3 is 0 Å². The van der Waals surface area contributed by atoms with Crippen molar-refractivity contribution in [3.8, 4) is 11.3 Å². The summed E-state index contributed by atoms with van der Waals surface area (Å²) in [6.45, 7) is 3.00. The fourth-order valence-corrected chi connectivity index (χ4v) is 4.10. The van der Waals surface area contributed by atoms with E-state index in [-0.39, 0.29) is 0 Å². The average Bonchev–Trinajstić information content (AvgIpc) is 2.97. The highest BCUT2D eigenvalue weighted by Gasteiger charge is 2.19. The number of halogens is 1. The van der Waals surface area contributed by atoms with Gasteiger partial charge in [-0.05, 0) is 28.1 Å². The lowest BCUT2D eigenvalue weighted by atomic mass is 10.2. The number of morpholine rings is 1. The first-order chi connectivity index (χ1) is 11.2. The summed E-state index contributed by atoms with van der Waals surface area (Å²) >= 11 is 5.21. The topological polar surface area (TPSA) is 77.2 Å². The van der Waals surface area contributed by atoms with Gasteiger partial charge in [0.2, 0.25) is 5.95 Å². The van der Waals surface area contributed by atoms with Crippen LogP contribution >= 0.6 is 27.3 Å². The number of anilines is 2. The number of fused-ring (bicyclic) bond motifs is 1. The van der Waals surface area contributed by atoms with Crippen molar-refractivity contribution in [2.75, 3.05) is 36.9 Å². The maximum absolute atomic E-state index is 5.70. The Hall–Kier alpha value is -1.77. The molecule has 0 aliphatic carbocycles. The molecule has 2 N–H and O–H groups in total. The van der Waals surface area contributed by atoms with Crippen LogP contribution in [0.2, 0.25) is 0 Å². The summed E-state index contributed by atoms with van der Waals surface area (Å²) in [5.74, 6) is 1.23. The number of hydrogen-bond donors (Lipinski definition) is 1. The van der Waals surface area contributed by atoms with Gasteiger partial charge in [0.1, 0.15) is 11.3 Å². The Morgan fingerprint density at radius 3 is 2.78 bits per heavy atom. The van der Waals surface area contributed by atoms with E-state index in [9.17, 15) is 0 Å². The van der Waals surface area contributed by atoms with Crippen molar-refractivity contribution in [2.45, 2.75) is 0 Å². The molecule has 118 valence electrons. The minimum absolute atomic E-state index is 0.500. The molecule has 0 atom stereocenters. The van der Waals surface area contributed by atoms with Gasteiger partial charge < -0.3 is 15.4 Å². The van der Waals surface area contributed by atoms with Crippen molar-refractivity contribution < 1.29 is 4.74 Å². The molecule has 3 aromatic rings. The molecule has 1 saturated heterocycles. The van der Waals surface area contributed by atoms with E-state index in [1.165, 1.54) is 0 Å². The molecule has 4 heterocycles. The van der Waals surface area contributed by atoms with Crippen molar-refractivity contribution in [1.29, 1.82) is 0 Å². The highest BCUT2D eigenvalue weighted by Crippen LogP contribution is 2.36. The summed E-state index contributed by atoms with van der Waals surface area (Å²) in [6.07, 6.45) is 1.76. The molecule has 0 spiro atoms. The van der Waals surface area contributed by atoms with Crippen LogP contribution in [-0.2, 0) is 4.74 Å². The number of hydrogen-bond acceptors (Lipinski definition) is 7. The average molecular weight is 392 g/mol. The third-order valence-corrected chi connectivity index (χ3v) is 5.60. The fourth-order valence-electron chi connectivity index (χ4n) is 2.52. The normalized spacial score (nSPS) is 15.3. The Kier molecular flexibility index (Phi) is 3.88. The fraction of sp³-hybridized carbons (Fsp3) is 0.267. The van der Waals surface area contributed by atoms with Gasteiger partial charge in [-0.1, -0.05) is 0 Å². The minimum Gasteiger partial charge on any atom is -0.384 e. The largest absolute Gasteiger partial charge is 0.384 e. The summed E-state index contributed by atoms with van der Waals surface area (Å²) in [4.78, 5) is 15.9. The molecule has 0 radical (unpaired) electrons. The molecule has 0 amide bonds. The molecule has 23 heavy (non-hydrogen) atoms. The number of pyridine rings is 1. The van der Waals surface area contributed by atoms with Gasteiger partial charge in [-0.15, -0.1) is 11.3 Å². The van der Waals surface area contributed by atoms with E-state index in [2.05, 4.69) is 25.8 Å². The summed E-state index contributed by atoms with van der Waals surface area (Å²) in [7, 11) is 0. The first kappa shape index (κ1) is 14.8. The second-order valence-corrected chi connectivity index (χ2v) is 6.94. The number of rotatable bonds is 2. The van der Waals surface area contributed by atoms with Crippen LogP contribution in [0.15, 0.2) is 28.2 Å². The highest BCUT2D eigenvalue weighted by molar-refractivity contribution is 9.10. The predicted molar refractivity (Wildman–Crippen MR) is 95.8 cm³/mol. The Balaban J connectivity index is 1.89. The molecule has 0 unspecified atom stereocenters. The summed E-state index contributed by atoms with van der Waals surface area (Å²) in [6, 6.07) is 3.74.